The third kappa shape index (κ3) is 4.17. The van der Waals surface area contributed by atoms with E-state index in [1.165, 1.54) is 34.8 Å². The number of rotatable bonds is 5. The molecule has 0 atom stereocenters. The molecule has 0 amide bonds. The Kier molecular flexibility index (Phi) is 5.47. The number of aryl methyl sites for hydroxylation is 1. The van der Waals surface area contributed by atoms with Crippen molar-refractivity contribution < 1.29 is 14.3 Å². The van der Waals surface area contributed by atoms with Crippen LogP contribution in [-0.4, -0.2) is 35.8 Å². The fraction of sp³-hybridized carbons (Fsp3) is 0.0500. The molecular weight excluding hydrogens is 429 g/mol. The van der Waals surface area contributed by atoms with Crippen molar-refractivity contribution in [1.82, 2.24) is 24.7 Å². The number of aromatic carboxylic acids is 1. The van der Waals surface area contributed by atoms with Crippen molar-refractivity contribution in [2.24, 2.45) is 0 Å². The van der Waals surface area contributed by atoms with Crippen molar-refractivity contribution in [2.75, 3.05) is 0 Å². The number of hydrogen-bond donors (Lipinski definition) is 1. The Balaban J connectivity index is 1.80. The van der Waals surface area contributed by atoms with Gasteiger partial charge >= 0.3 is 5.97 Å². The van der Waals surface area contributed by atoms with Gasteiger partial charge in [-0.15, -0.1) is 0 Å². The van der Waals surface area contributed by atoms with Crippen LogP contribution < -0.4 is 0 Å². The van der Waals surface area contributed by atoms with Crippen LogP contribution in [0.2, 0.25) is 5.02 Å². The van der Waals surface area contributed by atoms with Crippen LogP contribution in [0.3, 0.4) is 0 Å². The highest BCUT2D eigenvalue weighted by molar-refractivity contribution is 7.99. The van der Waals surface area contributed by atoms with Gasteiger partial charge in [0, 0.05) is 16.1 Å². The summed E-state index contributed by atoms with van der Waals surface area (Å²) in [5.74, 6) is -1.18. The van der Waals surface area contributed by atoms with Gasteiger partial charge in [-0.2, -0.15) is 5.10 Å². The lowest BCUT2D eigenvalue weighted by Gasteiger charge is -2.04. The predicted octanol–water partition coefficient (Wildman–Crippen LogP) is 4.67. The quantitative estimate of drug-likeness (QED) is 0.480. The van der Waals surface area contributed by atoms with Crippen molar-refractivity contribution in [3.63, 3.8) is 0 Å². The normalized spacial score (nSPS) is 10.9. The molecule has 4 aromatic rings. The van der Waals surface area contributed by atoms with E-state index in [9.17, 15) is 14.3 Å². The molecule has 0 aliphatic rings. The predicted molar refractivity (Wildman–Crippen MR) is 110 cm³/mol. The molecule has 0 unspecified atom stereocenters. The van der Waals surface area contributed by atoms with Crippen molar-refractivity contribution in [1.29, 1.82) is 0 Å². The Bertz CT molecular complexity index is 1230. The number of aromatic nitrogens is 5. The molecule has 150 valence electrons. The molecule has 0 bridgehead atoms. The van der Waals surface area contributed by atoms with E-state index in [1.54, 1.807) is 25.3 Å². The van der Waals surface area contributed by atoms with E-state index in [1.807, 2.05) is 12.1 Å². The molecule has 4 rings (SSSR count). The first-order valence-corrected chi connectivity index (χ1v) is 9.82. The van der Waals surface area contributed by atoms with Gasteiger partial charge in [-0.3, -0.25) is 0 Å². The third-order valence-corrected chi connectivity index (χ3v) is 5.34. The average Bonchev–Trinajstić information content (AvgIpc) is 3.13. The van der Waals surface area contributed by atoms with Crippen LogP contribution in [0.5, 0.6) is 0 Å². The molecule has 0 saturated heterocycles. The highest BCUT2D eigenvalue weighted by Crippen LogP contribution is 2.35. The molecule has 0 fully saturated rings. The summed E-state index contributed by atoms with van der Waals surface area (Å²) in [4.78, 5) is 25.3. The second kappa shape index (κ2) is 8.21. The van der Waals surface area contributed by atoms with Crippen molar-refractivity contribution in [2.45, 2.75) is 16.7 Å². The maximum atomic E-state index is 13.2. The zero-order valence-electron chi connectivity index (χ0n) is 15.5. The summed E-state index contributed by atoms with van der Waals surface area (Å²) < 4.78 is 14.8. The van der Waals surface area contributed by atoms with Crippen LogP contribution in [0.1, 0.15) is 16.2 Å². The van der Waals surface area contributed by atoms with Crippen molar-refractivity contribution in [3.8, 4) is 17.2 Å². The smallest absolute Gasteiger partial charge is 0.356 e. The van der Waals surface area contributed by atoms with Crippen LogP contribution in [0.15, 0.2) is 64.8 Å². The number of benzene rings is 1. The number of pyridine rings is 1. The molecule has 0 aliphatic heterocycles. The molecule has 1 aromatic carbocycles. The highest BCUT2D eigenvalue weighted by Gasteiger charge is 2.18. The monoisotopic (exact) mass is 441 g/mol. The van der Waals surface area contributed by atoms with Gasteiger partial charge in [-0.1, -0.05) is 23.4 Å². The number of carboxylic acids is 1. The van der Waals surface area contributed by atoms with Gasteiger partial charge in [0.05, 0.1) is 23.0 Å². The van der Waals surface area contributed by atoms with Crippen LogP contribution >= 0.6 is 23.4 Å². The van der Waals surface area contributed by atoms with Gasteiger partial charge in [-0.25, -0.2) is 28.8 Å². The van der Waals surface area contributed by atoms with Gasteiger partial charge in [-0.05, 0) is 43.3 Å². The van der Waals surface area contributed by atoms with E-state index in [0.29, 0.717) is 22.2 Å². The first-order valence-electron chi connectivity index (χ1n) is 8.63. The highest BCUT2D eigenvalue weighted by atomic mass is 35.5. The summed E-state index contributed by atoms with van der Waals surface area (Å²) in [6.07, 6.45) is 4.22. The van der Waals surface area contributed by atoms with E-state index in [0.717, 1.165) is 16.0 Å². The summed E-state index contributed by atoms with van der Waals surface area (Å²) >= 11 is 7.39. The second-order valence-corrected chi connectivity index (χ2v) is 7.72. The Morgan fingerprint density at radius 1 is 1.13 bits per heavy atom. The number of halogens is 2. The van der Waals surface area contributed by atoms with E-state index >= 15 is 0 Å². The summed E-state index contributed by atoms with van der Waals surface area (Å²) in [7, 11) is 0. The zero-order valence-corrected chi connectivity index (χ0v) is 17.0. The fourth-order valence-corrected chi connectivity index (χ4v) is 3.71. The summed E-state index contributed by atoms with van der Waals surface area (Å²) in [5, 5.41) is 14.4. The molecule has 0 radical (unpaired) electrons. The largest absolute Gasteiger partial charge is 0.476 e. The van der Waals surface area contributed by atoms with Crippen molar-refractivity contribution in [3.05, 3.63) is 77.2 Å². The Morgan fingerprint density at radius 2 is 1.90 bits per heavy atom. The second-order valence-electron chi connectivity index (χ2n) is 6.17. The number of carboxylic acid groups (broad SMARTS) is 1. The van der Waals surface area contributed by atoms with Gasteiger partial charge in [0.15, 0.2) is 11.5 Å². The topological polar surface area (TPSA) is 93.8 Å². The zero-order chi connectivity index (χ0) is 21.3. The van der Waals surface area contributed by atoms with Crippen LogP contribution in [0, 0.1) is 12.7 Å². The van der Waals surface area contributed by atoms with Crippen LogP contribution in [0.4, 0.5) is 4.39 Å². The van der Waals surface area contributed by atoms with Crippen molar-refractivity contribution >= 4 is 29.3 Å². The van der Waals surface area contributed by atoms with Gasteiger partial charge in [0.2, 0.25) is 0 Å². The summed E-state index contributed by atoms with van der Waals surface area (Å²) in [6.45, 7) is 1.57. The number of hydrogen-bond acceptors (Lipinski definition) is 6. The SMILES string of the molecule is Cc1nc(-c2nn(-c3ccc(F)cn3)cc2Sc2ccc(Cl)cc2)cnc1C(=O)O. The van der Waals surface area contributed by atoms with Crippen LogP contribution in [-0.2, 0) is 0 Å². The Morgan fingerprint density at radius 3 is 2.53 bits per heavy atom. The minimum atomic E-state index is -1.15. The molecule has 3 aromatic heterocycles. The van der Waals surface area contributed by atoms with Gasteiger partial charge in [0.25, 0.3) is 0 Å². The molecule has 0 saturated carbocycles. The molecule has 10 heteroatoms. The maximum absolute atomic E-state index is 13.2. The minimum absolute atomic E-state index is 0.120. The molecule has 1 N–H and O–H groups in total. The van der Waals surface area contributed by atoms with Gasteiger partial charge in [0.1, 0.15) is 17.2 Å². The molecular formula is C20H13ClFN5O2S. The lowest BCUT2D eigenvalue weighted by atomic mass is 10.2. The fourth-order valence-electron chi connectivity index (χ4n) is 2.67. The van der Waals surface area contributed by atoms with Crippen LogP contribution in [0.25, 0.3) is 17.2 Å². The van der Waals surface area contributed by atoms with E-state index in [2.05, 4.69) is 20.1 Å². The summed E-state index contributed by atoms with van der Waals surface area (Å²) in [6, 6.07) is 10.1. The average molecular weight is 442 g/mol. The lowest BCUT2D eigenvalue weighted by Crippen LogP contribution is -2.06. The first-order chi connectivity index (χ1) is 14.4. The lowest BCUT2D eigenvalue weighted by molar-refractivity contribution is 0.0689. The number of carbonyl (C=O) groups is 1. The standard InChI is InChI=1S/C20H13ClFN5O2S/c1-11-18(20(28)29)24-9-15(25-11)19-16(30-14-5-2-12(21)3-6-14)10-27(26-19)17-7-4-13(22)8-23-17/h2-10H,1H3,(H,28,29). The Hall–Kier alpha value is -3.30. The Labute approximate surface area is 179 Å². The summed E-state index contributed by atoms with van der Waals surface area (Å²) in [5.41, 5.74) is 1.06. The van der Waals surface area contributed by atoms with Gasteiger partial charge < -0.3 is 5.11 Å². The number of nitrogens with zero attached hydrogens (tertiary/aromatic N) is 5. The molecule has 3 heterocycles. The first kappa shape index (κ1) is 20.0. The van der Waals surface area contributed by atoms with E-state index in [-0.39, 0.29) is 11.4 Å². The molecule has 0 aliphatic carbocycles. The van der Waals surface area contributed by atoms with E-state index in [4.69, 9.17) is 11.6 Å². The molecule has 7 nitrogen and oxygen atoms in total. The maximum Gasteiger partial charge on any atom is 0.356 e. The molecule has 0 spiro atoms. The minimum Gasteiger partial charge on any atom is -0.476 e. The third-order valence-electron chi connectivity index (χ3n) is 4.06. The molecule has 30 heavy (non-hydrogen) atoms. The van der Waals surface area contributed by atoms with E-state index < -0.39 is 11.8 Å².